The van der Waals surface area contributed by atoms with Crippen molar-refractivity contribution in [2.24, 2.45) is 5.92 Å². The highest BCUT2D eigenvalue weighted by molar-refractivity contribution is 7.10. The second-order valence-electron chi connectivity index (χ2n) is 4.36. The van der Waals surface area contributed by atoms with Crippen molar-refractivity contribution in [3.63, 3.8) is 0 Å². The smallest absolute Gasteiger partial charge is 0.326 e. The van der Waals surface area contributed by atoms with E-state index in [0.717, 1.165) is 18.0 Å². The Morgan fingerprint density at radius 2 is 2.44 bits per heavy atom. The van der Waals surface area contributed by atoms with Gasteiger partial charge in [-0.3, -0.25) is 9.69 Å². The molecule has 0 bridgehead atoms. The third-order valence-electron chi connectivity index (χ3n) is 3.09. The van der Waals surface area contributed by atoms with Crippen molar-refractivity contribution in [1.29, 1.82) is 0 Å². The summed E-state index contributed by atoms with van der Waals surface area (Å²) >= 11 is 1.53. The Bertz CT molecular complexity index is 344. The fourth-order valence-corrected chi connectivity index (χ4v) is 3.17. The van der Waals surface area contributed by atoms with Gasteiger partial charge in [0.05, 0.1) is 0 Å². The summed E-state index contributed by atoms with van der Waals surface area (Å²) in [6.45, 7) is 4.04. The first-order valence-corrected chi connectivity index (χ1v) is 6.60. The summed E-state index contributed by atoms with van der Waals surface area (Å²) in [5, 5.41) is 11.2. The first kappa shape index (κ1) is 11.6. The van der Waals surface area contributed by atoms with Crippen LogP contribution in [0.2, 0.25) is 0 Å². The molecule has 0 aromatic carbocycles. The van der Waals surface area contributed by atoms with Gasteiger partial charge in [-0.05, 0) is 23.8 Å². The molecule has 1 aromatic heterocycles. The molecular formula is C12H17NO2S. The van der Waals surface area contributed by atoms with Crippen molar-refractivity contribution in [2.75, 3.05) is 13.1 Å². The van der Waals surface area contributed by atoms with Gasteiger partial charge >= 0.3 is 5.97 Å². The van der Waals surface area contributed by atoms with E-state index in [1.807, 2.05) is 17.5 Å². The summed E-state index contributed by atoms with van der Waals surface area (Å²) in [5.74, 6) is -0.0239. The predicted octanol–water partition coefficient (Wildman–Crippen LogP) is 2.61. The van der Waals surface area contributed by atoms with Crippen LogP contribution in [0, 0.1) is 5.92 Å². The third-order valence-corrected chi connectivity index (χ3v) is 4.02. The van der Waals surface area contributed by atoms with Gasteiger partial charge in [0.25, 0.3) is 0 Å². The van der Waals surface area contributed by atoms with Crippen LogP contribution < -0.4 is 0 Å². The quantitative estimate of drug-likeness (QED) is 0.858. The summed E-state index contributed by atoms with van der Waals surface area (Å²) in [4.78, 5) is 14.3. The molecule has 0 radical (unpaired) electrons. The number of thiophene rings is 1. The number of aliphatic carboxylic acids is 1. The zero-order valence-electron chi connectivity index (χ0n) is 9.43. The Labute approximate surface area is 99.7 Å². The Kier molecular flexibility index (Phi) is 3.61. The normalized spacial score (nSPS) is 19.3. The van der Waals surface area contributed by atoms with Gasteiger partial charge in [0.1, 0.15) is 6.04 Å². The molecule has 0 saturated carbocycles. The molecule has 0 spiro atoms. The Morgan fingerprint density at radius 3 is 2.94 bits per heavy atom. The number of carboxylic acids is 1. The minimum Gasteiger partial charge on any atom is -0.480 e. The maximum absolute atomic E-state index is 11.3. The fourth-order valence-electron chi connectivity index (χ4n) is 2.32. The highest BCUT2D eigenvalue weighted by atomic mass is 32.1. The van der Waals surface area contributed by atoms with Crippen LogP contribution >= 0.6 is 11.3 Å². The van der Waals surface area contributed by atoms with Crippen LogP contribution in [0.3, 0.4) is 0 Å². The topological polar surface area (TPSA) is 40.5 Å². The van der Waals surface area contributed by atoms with Crippen molar-refractivity contribution >= 4 is 17.3 Å². The number of carbonyl (C=O) groups is 1. The zero-order chi connectivity index (χ0) is 11.5. The minimum atomic E-state index is -0.725. The summed E-state index contributed by atoms with van der Waals surface area (Å²) < 4.78 is 0. The van der Waals surface area contributed by atoms with Gasteiger partial charge < -0.3 is 5.11 Å². The predicted molar refractivity (Wildman–Crippen MR) is 64.7 cm³/mol. The van der Waals surface area contributed by atoms with Crippen molar-refractivity contribution in [2.45, 2.75) is 25.8 Å². The largest absolute Gasteiger partial charge is 0.480 e. The molecule has 0 amide bonds. The van der Waals surface area contributed by atoms with Gasteiger partial charge in [0, 0.05) is 18.0 Å². The minimum absolute atomic E-state index is 0.423. The number of likely N-dealkylation sites (tertiary alicyclic amines) is 1. The second kappa shape index (κ2) is 4.97. The molecule has 1 saturated heterocycles. The van der Waals surface area contributed by atoms with E-state index in [0.29, 0.717) is 5.92 Å². The average molecular weight is 239 g/mol. The van der Waals surface area contributed by atoms with Crippen molar-refractivity contribution in [3.05, 3.63) is 22.4 Å². The molecule has 1 fully saturated rings. The van der Waals surface area contributed by atoms with Crippen molar-refractivity contribution in [1.82, 2.24) is 4.90 Å². The van der Waals surface area contributed by atoms with Crippen LogP contribution in [0.25, 0.3) is 0 Å². The lowest BCUT2D eigenvalue weighted by atomic mass is 9.93. The molecule has 1 aliphatic heterocycles. The Hall–Kier alpha value is -0.870. The van der Waals surface area contributed by atoms with Crippen molar-refractivity contribution < 1.29 is 9.90 Å². The van der Waals surface area contributed by atoms with Crippen LogP contribution in [0.15, 0.2) is 17.5 Å². The molecule has 1 aromatic rings. The summed E-state index contributed by atoms with van der Waals surface area (Å²) in [6.07, 6.45) is 2.41. The zero-order valence-corrected chi connectivity index (χ0v) is 10.2. The number of carboxylic acid groups (broad SMARTS) is 1. The van der Waals surface area contributed by atoms with Crippen LogP contribution in [-0.4, -0.2) is 29.1 Å². The van der Waals surface area contributed by atoms with E-state index in [1.54, 1.807) is 0 Å². The van der Waals surface area contributed by atoms with Crippen LogP contribution in [0.5, 0.6) is 0 Å². The van der Waals surface area contributed by atoms with E-state index in [9.17, 15) is 9.90 Å². The van der Waals surface area contributed by atoms with Gasteiger partial charge in [-0.2, -0.15) is 0 Å². The monoisotopic (exact) mass is 239 g/mol. The lowest BCUT2D eigenvalue weighted by Crippen LogP contribution is -2.50. The van der Waals surface area contributed by atoms with Crippen LogP contribution in [-0.2, 0) is 4.79 Å². The van der Waals surface area contributed by atoms with E-state index in [1.165, 1.54) is 24.2 Å². The lowest BCUT2D eigenvalue weighted by molar-refractivity contribution is -0.146. The molecular weight excluding hydrogens is 222 g/mol. The van der Waals surface area contributed by atoms with Gasteiger partial charge in [-0.1, -0.05) is 19.4 Å². The van der Waals surface area contributed by atoms with E-state index in [2.05, 4.69) is 11.8 Å². The first-order chi connectivity index (χ1) is 7.72. The lowest BCUT2D eigenvalue weighted by Gasteiger charge is -2.42. The number of hydrogen-bond donors (Lipinski definition) is 1. The molecule has 2 heterocycles. The van der Waals surface area contributed by atoms with Crippen LogP contribution in [0.1, 0.15) is 30.7 Å². The Balaban J connectivity index is 1.98. The number of nitrogens with zero attached hydrogens (tertiary/aromatic N) is 1. The molecule has 0 aliphatic carbocycles. The number of rotatable bonds is 5. The summed E-state index contributed by atoms with van der Waals surface area (Å²) in [7, 11) is 0. The SMILES string of the molecule is CCCC1CN(C(C(=O)O)c2cccs2)C1. The fraction of sp³-hybridized carbons (Fsp3) is 0.583. The molecule has 88 valence electrons. The first-order valence-electron chi connectivity index (χ1n) is 5.72. The van der Waals surface area contributed by atoms with Gasteiger partial charge in [0.2, 0.25) is 0 Å². The molecule has 2 rings (SSSR count). The highest BCUT2D eigenvalue weighted by Gasteiger charge is 2.36. The number of hydrogen-bond acceptors (Lipinski definition) is 3. The second-order valence-corrected chi connectivity index (χ2v) is 5.34. The molecule has 1 unspecified atom stereocenters. The van der Waals surface area contributed by atoms with Gasteiger partial charge in [0.15, 0.2) is 0 Å². The van der Waals surface area contributed by atoms with E-state index >= 15 is 0 Å². The van der Waals surface area contributed by atoms with E-state index < -0.39 is 12.0 Å². The highest BCUT2D eigenvalue weighted by Crippen LogP contribution is 2.32. The Morgan fingerprint density at radius 1 is 1.69 bits per heavy atom. The maximum atomic E-state index is 11.3. The average Bonchev–Trinajstić information content (AvgIpc) is 2.67. The molecule has 1 aliphatic rings. The van der Waals surface area contributed by atoms with Gasteiger partial charge in [-0.15, -0.1) is 11.3 Å². The summed E-state index contributed by atoms with van der Waals surface area (Å²) in [6, 6.07) is 3.41. The molecule has 1 N–H and O–H groups in total. The molecule has 1 atom stereocenters. The molecule has 16 heavy (non-hydrogen) atoms. The van der Waals surface area contributed by atoms with Gasteiger partial charge in [-0.25, -0.2) is 0 Å². The standard InChI is InChI=1S/C12H17NO2S/c1-2-4-9-7-13(8-9)11(12(14)15)10-5-3-6-16-10/h3,5-6,9,11H,2,4,7-8H2,1H3,(H,14,15). The third kappa shape index (κ3) is 2.28. The summed E-state index contributed by atoms with van der Waals surface area (Å²) in [5.41, 5.74) is 0. The van der Waals surface area contributed by atoms with Crippen LogP contribution in [0.4, 0.5) is 0 Å². The van der Waals surface area contributed by atoms with E-state index in [4.69, 9.17) is 0 Å². The molecule has 4 heteroatoms. The van der Waals surface area contributed by atoms with Crippen molar-refractivity contribution in [3.8, 4) is 0 Å². The van der Waals surface area contributed by atoms with E-state index in [-0.39, 0.29) is 0 Å². The maximum Gasteiger partial charge on any atom is 0.326 e. The molecule has 3 nitrogen and oxygen atoms in total.